The largest absolute Gasteiger partial charge is 0.379 e. The number of benzene rings is 1. The minimum absolute atomic E-state index is 0.737. The Morgan fingerprint density at radius 3 is 2.63 bits per heavy atom. The average molecular weight is 255 g/mol. The molecule has 0 aliphatic rings. The molecule has 0 unspecified atom stereocenters. The monoisotopic (exact) mass is 255 g/mol. The standard InChI is InChI=1S/C12H13N7/c1-18-12(6-7-15-18)8-13-10-2-4-11(5-3-10)19-9-14-16-17-19/h2-7,9,13H,8H2,1H3. The summed E-state index contributed by atoms with van der Waals surface area (Å²) in [5.41, 5.74) is 3.10. The third-order valence-corrected chi connectivity index (χ3v) is 2.88. The van der Waals surface area contributed by atoms with E-state index in [1.807, 2.05) is 42.1 Å². The Balaban J connectivity index is 1.68. The summed E-state index contributed by atoms with van der Waals surface area (Å²) in [6.07, 6.45) is 3.36. The molecule has 7 nitrogen and oxygen atoms in total. The van der Waals surface area contributed by atoms with Gasteiger partial charge >= 0.3 is 0 Å². The van der Waals surface area contributed by atoms with Gasteiger partial charge in [0.05, 0.1) is 17.9 Å². The van der Waals surface area contributed by atoms with E-state index in [4.69, 9.17) is 0 Å². The zero-order valence-corrected chi connectivity index (χ0v) is 10.4. The maximum Gasteiger partial charge on any atom is 0.143 e. The van der Waals surface area contributed by atoms with Crippen LogP contribution in [0.5, 0.6) is 0 Å². The van der Waals surface area contributed by atoms with Crippen molar-refractivity contribution in [2.45, 2.75) is 6.54 Å². The van der Waals surface area contributed by atoms with Crippen LogP contribution in [0, 0.1) is 0 Å². The lowest BCUT2D eigenvalue weighted by molar-refractivity contribution is 0.720. The van der Waals surface area contributed by atoms with E-state index in [1.165, 1.54) is 0 Å². The van der Waals surface area contributed by atoms with Gasteiger partial charge in [-0.25, -0.2) is 4.68 Å². The summed E-state index contributed by atoms with van der Waals surface area (Å²) in [6.45, 7) is 0.737. The number of aryl methyl sites for hydroxylation is 1. The Morgan fingerprint density at radius 2 is 2.00 bits per heavy atom. The van der Waals surface area contributed by atoms with Crippen molar-refractivity contribution in [1.82, 2.24) is 30.0 Å². The van der Waals surface area contributed by atoms with Gasteiger partial charge in [0.15, 0.2) is 0 Å². The summed E-state index contributed by atoms with van der Waals surface area (Å²) >= 11 is 0. The third kappa shape index (κ3) is 2.44. The Morgan fingerprint density at radius 1 is 1.16 bits per heavy atom. The zero-order chi connectivity index (χ0) is 13.1. The second-order valence-electron chi connectivity index (χ2n) is 4.10. The highest BCUT2D eigenvalue weighted by atomic mass is 15.5. The van der Waals surface area contributed by atoms with Crippen molar-refractivity contribution >= 4 is 5.69 Å². The highest BCUT2D eigenvalue weighted by molar-refractivity contribution is 5.48. The van der Waals surface area contributed by atoms with Gasteiger partial charge in [-0.1, -0.05) is 0 Å². The van der Waals surface area contributed by atoms with Crippen molar-refractivity contribution in [2.75, 3.05) is 5.32 Å². The Bertz CT molecular complexity index is 639. The van der Waals surface area contributed by atoms with Gasteiger partial charge < -0.3 is 5.32 Å². The van der Waals surface area contributed by atoms with Crippen LogP contribution < -0.4 is 5.32 Å². The maximum absolute atomic E-state index is 4.13. The molecule has 0 saturated heterocycles. The van der Waals surface area contributed by atoms with Crippen molar-refractivity contribution in [3.63, 3.8) is 0 Å². The van der Waals surface area contributed by atoms with E-state index in [-0.39, 0.29) is 0 Å². The van der Waals surface area contributed by atoms with E-state index in [2.05, 4.69) is 25.9 Å². The second kappa shape index (κ2) is 4.89. The van der Waals surface area contributed by atoms with E-state index < -0.39 is 0 Å². The SMILES string of the molecule is Cn1nccc1CNc1ccc(-n2cnnn2)cc1. The molecule has 0 amide bonds. The first-order valence-corrected chi connectivity index (χ1v) is 5.87. The van der Waals surface area contributed by atoms with Crippen LogP contribution in [0.1, 0.15) is 5.69 Å². The molecule has 0 saturated carbocycles. The fourth-order valence-corrected chi connectivity index (χ4v) is 1.78. The summed E-state index contributed by atoms with van der Waals surface area (Å²) in [5.74, 6) is 0. The molecule has 2 heterocycles. The van der Waals surface area contributed by atoms with Crippen LogP contribution >= 0.6 is 0 Å². The topological polar surface area (TPSA) is 73.5 Å². The first kappa shape index (κ1) is 11.4. The molecule has 0 aliphatic heterocycles. The molecule has 1 N–H and O–H groups in total. The fourth-order valence-electron chi connectivity index (χ4n) is 1.78. The van der Waals surface area contributed by atoms with Gasteiger partial charge in [-0.3, -0.25) is 4.68 Å². The van der Waals surface area contributed by atoms with Crippen LogP contribution in [-0.2, 0) is 13.6 Å². The molecule has 2 aromatic heterocycles. The van der Waals surface area contributed by atoms with Crippen LogP contribution in [0.25, 0.3) is 5.69 Å². The number of anilines is 1. The molecule has 7 heteroatoms. The van der Waals surface area contributed by atoms with Gasteiger partial charge in [-0.2, -0.15) is 5.10 Å². The molecule has 0 radical (unpaired) electrons. The lowest BCUT2D eigenvalue weighted by Gasteiger charge is -2.07. The number of hydrogen-bond acceptors (Lipinski definition) is 5. The van der Waals surface area contributed by atoms with Crippen LogP contribution in [0.3, 0.4) is 0 Å². The van der Waals surface area contributed by atoms with Crippen molar-refractivity contribution in [3.8, 4) is 5.69 Å². The molecular formula is C12H13N7. The lowest BCUT2D eigenvalue weighted by atomic mass is 10.2. The third-order valence-electron chi connectivity index (χ3n) is 2.88. The Labute approximate surface area is 109 Å². The second-order valence-corrected chi connectivity index (χ2v) is 4.10. The summed E-state index contributed by atoms with van der Waals surface area (Å²) in [5, 5.41) is 18.5. The number of nitrogens with zero attached hydrogens (tertiary/aromatic N) is 6. The summed E-state index contributed by atoms with van der Waals surface area (Å²) in [6, 6.07) is 9.90. The Hall–Kier alpha value is -2.70. The van der Waals surface area contributed by atoms with E-state index in [0.717, 1.165) is 23.6 Å². The first-order chi connectivity index (χ1) is 9.33. The maximum atomic E-state index is 4.13. The van der Waals surface area contributed by atoms with Crippen molar-refractivity contribution in [1.29, 1.82) is 0 Å². The summed E-state index contributed by atoms with van der Waals surface area (Å²) in [4.78, 5) is 0. The van der Waals surface area contributed by atoms with Gasteiger partial charge in [0.2, 0.25) is 0 Å². The van der Waals surface area contributed by atoms with E-state index in [0.29, 0.717) is 0 Å². The molecule has 0 spiro atoms. The van der Waals surface area contributed by atoms with E-state index in [1.54, 1.807) is 17.2 Å². The zero-order valence-electron chi connectivity index (χ0n) is 10.4. The van der Waals surface area contributed by atoms with Crippen LogP contribution in [0.4, 0.5) is 5.69 Å². The summed E-state index contributed by atoms with van der Waals surface area (Å²) < 4.78 is 3.47. The molecule has 19 heavy (non-hydrogen) atoms. The minimum atomic E-state index is 0.737. The van der Waals surface area contributed by atoms with E-state index in [9.17, 15) is 0 Å². The lowest BCUT2D eigenvalue weighted by Crippen LogP contribution is -2.05. The minimum Gasteiger partial charge on any atom is -0.379 e. The molecule has 3 rings (SSSR count). The molecule has 1 aromatic carbocycles. The smallest absolute Gasteiger partial charge is 0.143 e. The van der Waals surface area contributed by atoms with Gasteiger partial charge in [0.25, 0.3) is 0 Å². The Kier molecular flexibility index (Phi) is 2.93. The molecule has 0 bridgehead atoms. The number of hydrogen-bond donors (Lipinski definition) is 1. The quantitative estimate of drug-likeness (QED) is 0.753. The molecule has 0 fully saturated rings. The molecule has 96 valence electrons. The van der Waals surface area contributed by atoms with E-state index >= 15 is 0 Å². The van der Waals surface area contributed by atoms with Gasteiger partial charge in [0.1, 0.15) is 6.33 Å². The predicted molar refractivity (Wildman–Crippen MR) is 69.7 cm³/mol. The fraction of sp³-hybridized carbons (Fsp3) is 0.167. The van der Waals surface area contributed by atoms with Crippen LogP contribution in [0.2, 0.25) is 0 Å². The average Bonchev–Trinajstić information content (AvgIpc) is 3.09. The molecule has 3 aromatic rings. The molecule has 0 atom stereocenters. The molecular weight excluding hydrogens is 242 g/mol. The van der Waals surface area contributed by atoms with Gasteiger partial charge in [-0.05, 0) is 40.8 Å². The van der Waals surface area contributed by atoms with Crippen LogP contribution in [-0.4, -0.2) is 30.0 Å². The number of nitrogens with one attached hydrogen (secondary N) is 1. The normalized spacial score (nSPS) is 10.6. The molecule has 0 aliphatic carbocycles. The highest BCUT2D eigenvalue weighted by Gasteiger charge is 2.00. The number of aromatic nitrogens is 6. The number of rotatable bonds is 4. The van der Waals surface area contributed by atoms with Crippen molar-refractivity contribution < 1.29 is 0 Å². The predicted octanol–water partition coefficient (Wildman–Crippen LogP) is 1.01. The highest BCUT2D eigenvalue weighted by Crippen LogP contribution is 2.12. The van der Waals surface area contributed by atoms with Gasteiger partial charge in [-0.15, -0.1) is 5.10 Å². The van der Waals surface area contributed by atoms with Crippen molar-refractivity contribution in [2.24, 2.45) is 7.05 Å². The van der Waals surface area contributed by atoms with Crippen molar-refractivity contribution in [3.05, 3.63) is 48.5 Å². The van der Waals surface area contributed by atoms with Gasteiger partial charge in [0, 0.05) is 18.9 Å². The van der Waals surface area contributed by atoms with Crippen LogP contribution in [0.15, 0.2) is 42.9 Å². The number of tetrazole rings is 1. The first-order valence-electron chi connectivity index (χ1n) is 5.87. The summed E-state index contributed by atoms with van der Waals surface area (Å²) in [7, 11) is 1.93.